The molecule has 0 radical (unpaired) electrons. The second-order valence-electron chi connectivity index (χ2n) is 6.08. The summed E-state index contributed by atoms with van der Waals surface area (Å²) in [6.45, 7) is 4.81. The van der Waals surface area contributed by atoms with E-state index in [4.69, 9.17) is 0 Å². The normalized spacial score (nSPS) is 11.4. The molecule has 2 N–H and O–H groups in total. The number of nitrogens with zero attached hydrogens (tertiary/aromatic N) is 1. The highest BCUT2D eigenvalue weighted by Crippen LogP contribution is 2.25. The molecule has 0 spiro atoms. The summed E-state index contributed by atoms with van der Waals surface area (Å²) in [4.78, 5) is 17.0. The molecule has 0 aliphatic carbocycles. The molecule has 1 amide bonds. The molecule has 2 rings (SSSR count). The first-order valence-corrected chi connectivity index (χ1v) is 8.24. The fraction of sp³-hybridized carbons (Fsp3) is 0.412. The highest BCUT2D eigenvalue weighted by molar-refractivity contribution is 7.16. The SMILES string of the molecule is CC(C)(CO)CCCNC(=O)c1cnc(-c2ccccc2)s1. The summed E-state index contributed by atoms with van der Waals surface area (Å²) < 4.78 is 0. The highest BCUT2D eigenvalue weighted by Gasteiger charge is 2.16. The third kappa shape index (κ3) is 4.64. The van der Waals surface area contributed by atoms with Crippen molar-refractivity contribution >= 4 is 17.2 Å². The Morgan fingerprint density at radius 1 is 1.32 bits per heavy atom. The average molecular weight is 318 g/mol. The van der Waals surface area contributed by atoms with Crippen molar-refractivity contribution in [1.82, 2.24) is 10.3 Å². The number of carbonyl (C=O) groups is 1. The molecule has 1 aromatic carbocycles. The lowest BCUT2D eigenvalue weighted by Crippen LogP contribution is -2.25. The van der Waals surface area contributed by atoms with E-state index in [1.807, 2.05) is 44.2 Å². The third-order valence-electron chi connectivity index (χ3n) is 3.49. The summed E-state index contributed by atoms with van der Waals surface area (Å²) in [7, 11) is 0. The number of hydrogen-bond acceptors (Lipinski definition) is 4. The maximum Gasteiger partial charge on any atom is 0.263 e. The van der Waals surface area contributed by atoms with Crippen LogP contribution >= 0.6 is 11.3 Å². The molecule has 0 unspecified atom stereocenters. The van der Waals surface area contributed by atoms with Crippen LogP contribution in [-0.4, -0.2) is 29.1 Å². The van der Waals surface area contributed by atoms with Crippen LogP contribution in [0.5, 0.6) is 0 Å². The lowest BCUT2D eigenvalue weighted by molar-refractivity contribution is 0.0952. The van der Waals surface area contributed by atoms with Crippen molar-refractivity contribution in [2.75, 3.05) is 13.2 Å². The van der Waals surface area contributed by atoms with Crippen LogP contribution in [0.4, 0.5) is 0 Å². The van der Waals surface area contributed by atoms with Gasteiger partial charge in [0.1, 0.15) is 9.88 Å². The molecule has 0 aliphatic rings. The molecule has 22 heavy (non-hydrogen) atoms. The quantitative estimate of drug-likeness (QED) is 0.770. The summed E-state index contributed by atoms with van der Waals surface area (Å²) in [6.07, 6.45) is 3.35. The van der Waals surface area contributed by atoms with Gasteiger partial charge in [-0.3, -0.25) is 4.79 Å². The van der Waals surface area contributed by atoms with Gasteiger partial charge in [-0.2, -0.15) is 0 Å². The summed E-state index contributed by atoms with van der Waals surface area (Å²) >= 11 is 1.40. The number of aliphatic hydroxyl groups is 1. The number of aliphatic hydroxyl groups excluding tert-OH is 1. The van der Waals surface area contributed by atoms with Gasteiger partial charge >= 0.3 is 0 Å². The van der Waals surface area contributed by atoms with E-state index in [9.17, 15) is 9.90 Å². The zero-order chi connectivity index (χ0) is 16.0. The molecule has 1 heterocycles. The van der Waals surface area contributed by atoms with Crippen LogP contribution < -0.4 is 5.32 Å². The van der Waals surface area contributed by atoms with Crippen LogP contribution in [0.15, 0.2) is 36.5 Å². The van der Waals surface area contributed by atoms with Crippen molar-refractivity contribution in [3.05, 3.63) is 41.4 Å². The van der Waals surface area contributed by atoms with Crippen LogP contribution in [-0.2, 0) is 0 Å². The maximum absolute atomic E-state index is 12.1. The first-order valence-electron chi connectivity index (χ1n) is 7.42. The van der Waals surface area contributed by atoms with E-state index in [1.54, 1.807) is 6.20 Å². The van der Waals surface area contributed by atoms with Gasteiger partial charge in [-0.25, -0.2) is 4.98 Å². The molecule has 4 nitrogen and oxygen atoms in total. The van der Waals surface area contributed by atoms with Gasteiger partial charge in [0.15, 0.2) is 0 Å². The molecule has 0 bridgehead atoms. The van der Waals surface area contributed by atoms with E-state index in [-0.39, 0.29) is 17.9 Å². The van der Waals surface area contributed by atoms with Crippen molar-refractivity contribution < 1.29 is 9.90 Å². The number of benzene rings is 1. The molecule has 0 saturated heterocycles. The van der Waals surface area contributed by atoms with Gasteiger partial charge in [0.05, 0.1) is 6.20 Å². The van der Waals surface area contributed by atoms with Crippen molar-refractivity contribution in [1.29, 1.82) is 0 Å². The minimum absolute atomic E-state index is 0.0820. The van der Waals surface area contributed by atoms with Crippen LogP contribution in [0.2, 0.25) is 0 Å². The molecule has 0 aliphatic heterocycles. The van der Waals surface area contributed by atoms with E-state index in [2.05, 4.69) is 10.3 Å². The van der Waals surface area contributed by atoms with Crippen molar-refractivity contribution in [3.8, 4) is 10.6 Å². The average Bonchev–Trinajstić information content (AvgIpc) is 3.02. The Morgan fingerprint density at radius 2 is 2.05 bits per heavy atom. The van der Waals surface area contributed by atoms with Gasteiger partial charge in [-0.15, -0.1) is 11.3 Å². The Kier molecular flexibility index (Phi) is 5.69. The molecule has 1 aromatic heterocycles. The van der Waals surface area contributed by atoms with Gasteiger partial charge in [-0.1, -0.05) is 44.2 Å². The Labute approximate surface area is 135 Å². The summed E-state index contributed by atoms with van der Waals surface area (Å²) in [5, 5.41) is 13.0. The second-order valence-corrected chi connectivity index (χ2v) is 7.11. The minimum Gasteiger partial charge on any atom is -0.396 e. The first kappa shape index (κ1) is 16.6. The van der Waals surface area contributed by atoms with Gasteiger partial charge in [0, 0.05) is 18.7 Å². The van der Waals surface area contributed by atoms with Crippen molar-refractivity contribution in [2.45, 2.75) is 26.7 Å². The van der Waals surface area contributed by atoms with Crippen molar-refractivity contribution in [2.24, 2.45) is 5.41 Å². The van der Waals surface area contributed by atoms with Gasteiger partial charge in [0.2, 0.25) is 0 Å². The molecule has 0 atom stereocenters. The summed E-state index contributed by atoms with van der Waals surface area (Å²) in [5.74, 6) is -0.0820. The number of carbonyl (C=O) groups excluding carboxylic acids is 1. The number of nitrogens with one attached hydrogen (secondary N) is 1. The number of thiazole rings is 1. The monoisotopic (exact) mass is 318 g/mol. The smallest absolute Gasteiger partial charge is 0.263 e. The number of hydrogen-bond donors (Lipinski definition) is 2. The molecule has 5 heteroatoms. The van der Waals surface area contributed by atoms with Gasteiger partial charge in [0.25, 0.3) is 5.91 Å². The Bertz CT molecular complexity index is 608. The molecule has 2 aromatic rings. The Morgan fingerprint density at radius 3 is 2.73 bits per heavy atom. The Hall–Kier alpha value is -1.72. The number of amides is 1. The Balaban J connectivity index is 1.85. The van der Waals surface area contributed by atoms with Crippen LogP contribution in [0.3, 0.4) is 0 Å². The fourth-order valence-electron chi connectivity index (χ4n) is 2.03. The molecule has 118 valence electrons. The van der Waals surface area contributed by atoms with Gasteiger partial charge < -0.3 is 10.4 Å². The zero-order valence-electron chi connectivity index (χ0n) is 13.0. The van der Waals surface area contributed by atoms with E-state index in [0.717, 1.165) is 23.4 Å². The lowest BCUT2D eigenvalue weighted by Gasteiger charge is -2.21. The molecular formula is C17H22N2O2S. The maximum atomic E-state index is 12.1. The van der Waals surface area contributed by atoms with Crippen LogP contribution in [0, 0.1) is 5.41 Å². The minimum atomic E-state index is -0.0876. The van der Waals surface area contributed by atoms with E-state index in [1.165, 1.54) is 11.3 Å². The topological polar surface area (TPSA) is 62.2 Å². The standard InChI is InChI=1S/C17H22N2O2S/c1-17(2,12-20)9-6-10-18-15(21)14-11-19-16(22-14)13-7-4-3-5-8-13/h3-5,7-8,11,20H,6,9-10,12H2,1-2H3,(H,18,21). The molecule has 0 fully saturated rings. The fourth-order valence-corrected chi connectivity index (χ4v) is 2.87. The zero-order valence-corrected chi connectivity index (χ0v) is 13.8. The van der Waals surface area contributed by atoms with E-state index < -0.39 is 0 Å². The summed E-state index contributed by atoms with van der Waals surface area (Å²) in [5.41, 5.74) is 0.937. The largest absolute Gasteiger partial charge is 0.396 e. The summed E-state index contributed by atoms with van der Waals surface area (Å²) in [6, 6.07) is 9.84. The van der Waals surface area contributed by atoms with Crippen molar-refractivity contribution in [3.63, 3.8) is 0 Å². The highest BCUT2D eigenvalue weighted by atomic mass is 32.1. The predicted octanol–water partition coefficient (Wildman–Crippen LogP) is 3.34. The van der Waals surface area contributed by atoms with Gasteiger partial charge in [-0.05, 0) is 18.3 Å². The number of rotatable bonds is 7. The first-order chi connectivity index (χ1) is 10.5. The second kappa shape index (κ2) is 7.51. The van der Waals surface area contributed by atoms with E-state index >= 15 is 0 Å². The predicted molar refractivity (Wildman–Crippen MR) is 90.0 cm³/mol. The lowest BCUT2D eigenvalue weighted by atomic mass is 9.89. The third-order valence-corrected chi connectivity index (χ3v) is 4.54. The van der Waals surface area contributed by atoms with E-state index in [0.29, 0.717) is 11.4 Å². The molecule has 0 saturated carbocycles. The molecular weight excluding hydrogens is 296 g/mol. The number of aromatic nitrogens is 1. The van der Waals surface area contributed by atoms with Crippen LogP contribution in [0.25, 0.3) is 10.6 Å². The van der Waals surface area contributed by atoms with Crippen LogP contribution in [0.1, 0.15) is 36.4 Å².